The fourth-order valence-electron chi connectivity index (χ4n) is 2.91. The highest BCUT2D eigenvalue weighted by molar-refractivity contribution is 5.84. The molecule has 1 heterocycles. The van der Waals surface area contributed by atoms with E-state index in [9.17, 15) is 19.5 Å². The number of aliphatic carboxylic acids is 1. The summed E-state index contributed by atoms with van der Waals surface area (Å²) in [6.45, 7) is -0.403. The summed E-state index contributed by atoms with van der Waals surface area (Å²) in [6, 6.07) is 16.7. The first kappa shape index (κ1) is 19.8. The molecule has 0 fully saturated rings. The summed E-state index contributed by atoms with van der Waals surface area (Å²) >= 11 is 0. The molecule has 0 bridgehead atoms. The van der Waals surface area contributed by atoms with Gasteiger partial charge >= 0.3 is 5.97 Å². The highest BCUT2D eigenvalue weighted by atomic mass is 16.4. The monoisotopic (exact) mass is 392 g/mol. The minimum Gasteiger partial charge on any atom is -0.480 e. The van der Waals surface area contributed by atoms with Crippen LogP contribution in [0.25, 0.3) is 11.4 Å². The predicted octanol–water partition coefficient (Wildman–Crippen LogP) is 1.30. The van der Waals surface area contributed by atoms with E-state index < -0.39 is 30.0 Å². The normalized spacial score (nSPS) is 11.6. The predicted molar refractivity (Wildman–Crippen MR) is 108 cm³/mol. The van der Waals surface area contributed by atoms with Gasteiger partial charge in [0, 0.05) is 12.0 Å². The molecule has 8 heteroatoms. The third-order valence-electron chi connectivity index (χ3n) is 4.32. The number of anilines is 1. The highest BCUT2D eigenvalue weighted by Gasteiger charge is 2.22. The Bertz CT molecular complexity index is 1070. The van der Waals surface area contributed by atoms with Crippen LogP contribution in [0.1, 0.15) is 5.56 Å². The first-order valence-corrected chi connectivity index (χ1v) is 8.92. The molecular formula is C21H20N4O4. The van der Waals surface area contributed by atoms with Crippen LogP contribution in [0.4, 0.5) is 5.69 Å². The number of carbonyl (C=O) groups excluding carboxylic acids is 1. The van der Waals surface area contributed by atoms with E-state index in [0.717, 1.165) is 10.1 Å². The lowest BCUT2D eigenvalue weighted by molar-refractivity contribution is -0.141. The van der Waals surface area contributed by atoms with E-state index in [-0.39, 0.29) is 17.9 Å². The summed E-state index contributed by atoms with van der Waals surface area (Å²) in [5.41, 5.74) is 6.41. The van der Waals surface area contributed by atoms with Crippen LogP contribution in [-0.2, 0) is 22.6 Å². The summed E-state index contributed by atoms with van der Waals surface area (Å²) in [5, 5.41) is 11.9. The van der Waals surface area contributed by atoms with E-state index in [1.54, 1.807) is 48.5 Å². The summed E-state index contributed by atoms with van der Waals surface area (Å²) < 4.78 is 1.14. The van der Waals surface area contributed by atoms with Gasteiger partial charge in [-0.15, -0.1) is 0 Å². The van der Waals surface area contributed by atoms with Crippen molar-refractivity contribution in [3.05, 3.63) is 82.8 Å². The quantitative estimate of drug-likeness (QED) is 0.556. The van der Waals surface area contributed by atoms with Crippen molar-refractivity contribution in [1.82, 2.24) is 14.9 Å². The van der Waals surface area contributed by atoms with Crippen molar-refractivity contribution in [2.24, 2.45) is 0 Å². The maximum Gasteiger partial charge on any atom is 0.326 e. The van der Waals surface area contributed by atoms with Gasteiger partial charge in [-0.2, -0.15) is 0 Å². The summed E-state index contributed by atoms with van der Waals surface area (Å²) in [4.78, 5) is 40.8. The standard InChI is InChI=1S/C21H20N4O4/c22-16-12-23-19(15-9-5-2-6-10-15)25(20(16)27)13-18(26)24-17(21(28)29)11-14-7-3-1-4-8-14/h1-10,12,17H,11,13,22H2,(H,24,26)(H,28,29). The number of amides is 1. The molecule has 4 N–H and O–H groups in total. The molecule has 1 unspecified atom stereocenters. The number of carboxylic acids is 1. The number of nitrogens with one attached hydrogen (secondary N) is 1. The van der Waals surface area contributed by atoms with Crippen LogP contribution in [0.2, 0.25) is 0 Å². The Balaban J connectivity index is 1.83. The first-order chi connectivity index (χ1) is 14.0. The molecule has 148 valence electrons. The molecule has 1 aromatic heterocycles. The number of hydrogen-bond donors (Lipinski definition) is 3. The molecular weight excluding hydrogens is 372 g/mol. The van der Waals surface area contributed by atoms with Gasteiger partial charge in [-0.05, 0) is 5.56 Å². The lowest BCUT2D eigenvalue weighted by atomic mass is 10.1. The van der Waals surface area contributed by atoms with Crippen molar-refractivity contribution in [3.63, 3.8) is 0 Å². The molecule has 0 aliphatic carbocycles. The van der Waals surface area contributed by atoms with Crippen LogP contribution in [-0.4, -0.2) is 32.6 Å². The third-order valence-corrected chi connectivity index (χ3v) is 4.32. The maximum atomic E-state index is 12.6. The van der Waals surface area contributed by atoms with Crippen molar-refractivity contribution in [2.75, 3.05) is 5.73 Å². The van der Waals surface area contributed by atoms with Crippen molar-refractivity contribution < 1.29 is 14.7 Å². The van der Waals surface area contributed by atoms with Crippen molar-refractivity contribution in [2.45, 2.75) is 19.0 Å². The van der Waals surface area contributed by atoms with Gasteiger partial charge in [-0.3, -0.25) is 14.2 Å². The van der Waals surface area contributed by atoms with Crippen LogP contribution in [0.15, 0.2) is 71.7 Å². The van der Waals surface area contributed by atoms with E-state index in [1.165, 1.54) is 6.20 Å². The number of carboxylic acid groups (broad SMARTS) is 1. The zero-order valence-electron chi connectivity index (χ0n) is 15.5. The Morgan fingerprint density at radius 1 is 1.07 bits per heavy atom. The van der Waals surface area contributed by atoms with Gasteiger partial charge < -0.3 is 16.2 Å². The summed E-state index contributed by atoms with van der Waals surface area (Å²) in [7, 11) is 0. The zero-order chi connectivity index (χ0) is 20.8. The average molecular weight is 392 g/mol. The second-order valence-electron chi connectivity index (χ2n) is 6.44. The van der Waals surface area contributed by atoms with E-state index in [0.29, 0.717) is 5.56 Å². The fraction of sp³-hybridized carbons (Fsp3) is 0.143. The number of benzene rings is 2. The summed E-state index contributed by atoms with van der Waals surface area (Å²) in [6.07, 6.45) is 1.37. The Morgan fingerprint density at radius 3 is 2.31 bits per heavy atom. The van der Waals surface area contributed by atoms with Gasteiger partial charge in [0.2, 0.25) is 5.91 Å². The third kappa shape index (κ3) is 4.86. The van der Waals surface area contributed by atoms with Crippen molar-refractivity contribution >= 4 is 17.6 Å². The number of nitrogen functional groups attached to an aromatic ring is 1. The van der Waals surface area contributed by atoms with Gasteiger partial charge in [0.1, 0.15) is 24.1 Å². The first-order valence-electron chi connectivity index (χ1n) is 8.92. The SMILES string of the molecule is Nc1cnc(-c2ccccc2)n(CC(=O)NC(Cc2ccccc2)C(=O)O)c1=O. The molecule has 0 saturated carbocycles. The topological polar surface area (TPSA) is 127 Å². The lowest BCUT2D eigenvalue weighted by Gasteiger charge is -2.17. The van der Waals surface area contributed by atoms with E-state index in [1.807, 2.05) is 12.1 Å². The molecule has 2 aromatic carbocycles. The number of nitrogens with zero attached hydrogens (tertiary/aromatic N) is 2. The molecule has 8 nitrogen and oxygen atoms in total. The molecule has 0 spiro atoms. The Labute approximate surface area is 166 Å². The second-order valence-corrected chi connectivity index (χ2v) is 6.44. The minimum absolute atomic E-state index is 0.100. The molecule has 29 heavy (non-hydrogen) atoms. The minimum atomic E-state index is -1.16. The van der Waals surface area contributed by atoms with Crippen molar-refractivity contribution in [1.29, 1.82) is 0 Å². The zero-order valence-corrected chi connectivity index (χ0v) is 15.5. The number of carbonyl (C=O) groups is 2. The fourth-order valence-corrected chi connectivity index (χ4v) is 2.91. The maximum absolute atomic E-state index is 12.6. The van der Waals surface area contributed by atoms with Gasteiger partial charge in [-0.1, -0.05) is 60.7 Å². The van der Waals surface area contributed by atoms with Crippen LogP contribution in [0, 0.1) is 0 Å². The van der Waals surface area contributed by atoms with E-state index >= 15 is 0 Å². The molecule has 1 amide bonds. The molecule has 0 aliphatic heterocycles. The van der Waals surface area contributed by atoms with Gasteiger partial charge in [0.15, 0.2) is 0 Å². The van der Waals surface area contributed by atoms with Crippen LogP contribution in [0.3, 0.4) is 0 Å². The smallest absolute Gasteiger partial charge is 0.326 e. The molecule has 3 rings (SSSR count). The van der Waals surface area contributed by atoms with Crippen LogP contribution < -0.4 is 16.6 Å². The van der Waals surface area contributed by atoms with E-state index in [2.05, 4.69) is 10.3 Å². The number of nitrogens with two attached hydrogens (primary N) is 1. The molecule has 0 aliphatic rings. The number of rotatable bonds is 7. The van der Waals surface area contributed by atoms with Gasteiger partial charge in [0.05, 0.1) is 6.20 Å². The molecule has 0 saturated heterocycles. The number of aromatic nitrogens is 2. The Kier molecular flexibility index (Phi) is 6.03. The lowest BCUT2D eigenvalue weighted by Crippen LogP contribution is -2.45. The summed E-state index contributed by atoms with van der Waals surface area (Å²) in [5.74, 6) is -1.52. The second kappa shape index (κ2) is 8.83. The Morgan fingerprint density at radius 2 is 1.69 bits per heavy atom. The van der Waals surface area contributed by atoms with Crippen LogP contribution >= 0.6 is 0 Å². The Hall–Kier alpha value is -3.94. The van der Waals surface area contributed by atoms with Crippen molar-refractivity contribution in [3.8, 4) is 11.4 Å². The van der Waals surface area contributed by atoms with Gasteiger partial charge in [0.25, 0.3) is 5.56 Å². The molecule has 3 aromatic rings. The van der Waals surface area contributed by atoms with Crippen LogP contribution in [0.5, 0.6) is 0 Å². The largest absolute Gasteiger partial charge is 0.480 e. The number of hydrogen-bond acceptors (Lipinski definition) is 5. The highest BCUT2D eigenvalue weighted by Crippen LogP contribution is 2.15. The molecule has 0 radical (unpaired) electrons. The average Bonchev–Trinajstić information content (AvgIpc) is 2.72. The van der Waals surface area contributed by atoms with E-state index in [4.69, 9.17) is 5.73 Å². The molecule has 1 atom stereocenters. The van der Waals surface area contributed by atoms with Gasteiger partial charge in [-0.25, -0.2) is 9.78 Å².